The van der Waals surface area contributed by atoms with Gasteiger partial charge in [-0.05, 0) is 19.9 Å². The van der Waals surface area contributed by atoms with Crippen LogP contribution in [0.5, 0.6) is 0 Å². The second-order valence-corrected chi connectivity index (χ2v) is 6.18. The van der Waals surface area contributed by atoms with Crippen molar-refractivity contribution < 1.29 is 4.79 Å². The molecule has 0 aliphatic heterocycles. The summed E-state index contributed by atoms with van der Waals surface area (Å²) < 4.78 is 1.58. The average Bonchev–Trinajstić information content (AvgIpc) is 2.89. The van der Waals surface area contributed by atoms with Gasteiger partial charge in [0.05, 0.1) is 17.7 Å². The fraction of sp³-hybridized carbons (Fsp3) is 0.400. The van der Waals surface area contributed by atoms with Crippen LogP contribution in [0, 0.1) is 13.8 Å². The van der Waals surface area contributed by atoms with Gasteiger partial charge in [0.2, 0.25) is 0 Å². The summed E-state index contributed by atoms with van der Waals surface area (Å²) in [6.45, 7) is 4.52. The molecule has 0 radical (unpaired) electrons. The summed E-state index contributed by atoms with van der Waals surface area (Å²) in [6, 6.07) is 3.41. The summed E-state index contributed by atoms with van der Waals surface area (Å²) in [7, 11) is 3.45. The number of nitrogens with zero attached hydrogens (tertiary/aromatic N) is 3. The van der Waals surface area contributed by atoms with Gasteiger partial charge >= 0.3 is 6.03 Å². The van der Waals surface area contributed by atoms with Gasteiger partial charge in [0.1, 0.15) is 0 Å². The minimum absolute atomic E-state index is 0.0822. The molecule has 0 bridgehead atoms. The molecule has 0 aliphatic rings. The quantitative estimate of drug-likeness (QED) is 0.934. The molecular formula is C15H20N4O2S. The van der Waals surface area contributed by atoms with Gasteiger partial charge in [-0.1, -0.05) is 6.07 Å². The molecule has 0 saturated heterocycles. The maximum Gasteiger partial charge on any atom is 0.317 e. The van der Waals surface area contributed by atoms with Crippen molar-refractivity contribution in [1.29, 1.82) is 0 Å². The number of thiazole rings is 1. The number of hydrogen-bond acceptors (Lipinski definition) is 4. The van der Waals surface area contributed by atoms with E-state index < -0.39 is 0 Å². The van der Waals surface area contributed by atoms with Crippen LogP contribution in [0.1, 0.15) is 21.8 Å². The predicted molar refractivity (Wildman–Crippen MR) is 87.0 cm³/mol. The first-order chi connectivity index (χ1) is 10.4. The van der Waals surface area contributed by atoms with E-state index in [1.165, 1.54) is 11.3 Å². The number of pyridine rings is 1. The molecule has 2 rings (SSSR count). The molecule has 0 atom stereocenters. The van der Waals surface area contributed by atoms with Gasteiger partial charge in [-0.2, -0.15) is 0 Å². The Morgan fingerprint density at radius 1 is 1.41 bits per heavy atom. The molecule has 1 N–H and O–H groups in total. The Morgan fingerprint density at radius 2 is 2.14 bits per heavy atom. The SMILES string of the molecule is Cc1ncsc1CN(C)C(=O)NCc1ccc(C)n(C)c1=O. The van der Waals surface area contributed by atoms with Crippen LogP contribution in [0.15, 0.2) is 22.4 Å². The third-order valence-electron chi connectivity index (χ3n) is 3.64. The van der Waals surface area contributed by atoms with Crippen LogP contribution >= 0.6 is 11.3 Å². The van der Waals surface area contributed by atoms with Gasteiger partial charge in [-0.15, -0.1) is 11.3 Å². The van der Waals surface area contributed by atoms with Gasteiger partial charge in [-0.3, -0.25) is 4.79 Å². The maximum absolute atomic E-state index is 12.1. The minimum atomic E-state index is -0.213. The Hall–Kier alpha value is -2.15. The van der Waals surface area contributed by atoms with E-state index in [2.05, 4.69) is 10.3 Å². The van der Waals surface area contributed by atoms with Crippen molar-refractivity contribution in [2.24, 2.45) is 7.05 Å². The lowest BCUT2D eigenvalue weighted by atomic mass is 10.2. The highest BCUT2D eigenvalue weighted by Crippen LogP contribution is 2.14. The van der Waals surface area contributed by atoms with E-state index in [-0.39, 0.29) is 18.1 Å². The van der Waals surface area contributed by atoms with Crippen LogP contribution in [0.25, 0.3) is 0 Å². The Morgan fingerprint density at radius 3 is 2.77 bits per heavy atom. The van der Waals surface area contributed by atoms with Crippen molar-refractivity contribution >= 4 is 17.4 Å². The second kappa shape index (κ2) is 6.74. The summed E-state index contributed by atoms with van der Waals surface area (Å²) in [4.78, 5) is 31.0. The van der Waals surface area contributed by atoms with E-state index in [4.69, 9.17) is 0 Å². The number of carbonyl (C=O) groups excluding carboxylic acids is 1. The number of urea groups is 1. The zero-order valence-corrected chi connectivity index (χ0v) is 14.0. The van der Waals surface area contributed by atoms with Gasteiger partial charge in [0.15, 0.2) is 0 Å². The Balaban J connectivity index is 1.97. The van der Waals surface area contributed by atoms with Crippen LogP contribution in [-0.4, -0.2) is 27.5 Å². The van der Waals surface area contributed by atoms with E-state index in [0.717, 1.165) is 16.3 Å². The van der Waals surface area contributed by atoms with E-state index in [1.54, 1.807) is 35.1 Å². The molecule has 0 fully saturated rings. The molecule has 2 aromatic heterocycles. The average molecular weight is 320 g/mol. The first kappa shape index (κ1) is 16.2. The Labute approximate surface area is 133 Å². The summed E-state index contributed by atoms with van der Waals surface area (Å²) in [5, 5.41) is 2.78. The van der Waals surface area contributed by atoms with Crippen molar-refractivity contribution in [2.45, 2.75) is 26.9 Å². The molecule has 0 saturated carbocycles. The molecule has 22 heavy (non-hydrogen) atoms. The van der Waals surface area contributed by atoms with Crippen LogP contribution in [0.3, 0.4) is 0 Å². The Bertz CT molecular complexity index is 735. The molecule has 7 heteroatoms. The summed E-state index contributed by atoms with van der Waals surface area (Å²) in [6.07, 6.45) is 0. The third kappa shape index (κ3) is 3.54. The van der Waals surface area contributed by atoms with E-state index in [9.17, 15) is 9.59 Å². The lowest BCUT2D eigenvalue weighted by Gasteiger charge is -2.17. The molecule has 0 spiro atoms. The maximum atomic E-state index is 12.1. The predicted octanol–water partition coefficient (Wildman–Crippen LogP) is 1.80. The fourth-order valence-electron chi connectivity index (χ4n) is 1.99. The van der Waals surface area contributed by atoms with Crippen LogP contribution in [0.4, 0.5) is 4.79 Å². The van der Waals surface area contributed by atoms with E-state index >= 15 is 0 Å². The summed E-state index contributed by atoms with van der Waals surface area (Å²) in [5.41, 5.74) is 4.09. The zero-order chi connectivity index (χ0) is 16.3. The number of amides is 2. The normalized spacial score (nSPS) is 10.5. The number of aromatic nitrogens is 2. The number of aryl methyl sites for hydroxylation is 2. The highest BCUT2D eigenvalue weighted by atomic mass is 32.1. The van der Waals surface area contributed by atoms with Crippen LogP contribution < -0.4 is 10.9 Å². The van der Waals surface area contributed by atoms with E-state index in [0.29, 0.717) is 12.1 Å². The fourth-order valence-corrected chi connectivity index (χ4v) is 2.81. The monoisotopic (exact) mass is 320 g/mol. The van der Waals surface area contributed by atoms with Gasteiger partial charge < -0.3 is 14.8 Å². The Kier molecular flexibility index (Phi) is 4.97. The summed E-state index contributed by atoms with van der Waals surface area (Å²) >= 11 is 1.53. The molecule has 2 aromatic rings. The largest absolute Gasteiger partial charge is 0.334 e. The number of nitrogens with one attached hydrogen (secondary N) is 1. The minimum Gasteiger partial charge on any atom is -0.334 e. The van der Waals surface area contributed by atoms with Crippen molar-refractivity contribution in [3.05, 3.63) is 49.8 Å². The molecule has 2 heterocycles. The van der Waals surface area contributed by atoms with Crippen molar-refractivity contribution in [3.63, 3.8) is 0 Å². The van der Waals surface area contributed by atoms with Gasteiger partial charge in [0.25, 0.3) is 5.56 Å². The molecule has 6 nitrogen and oxygen atoms in total. The molecular weight excluding hydrogens is 300 g/mol. The van der Waals surface area contributed by atoms with Crippen molar-refractivity contribution in [3.8, 4) is 0 Å². The third-order valence-corrected chi connectivity index (χ3v) is 4.56. The van der Waals surface area contributed by atoms with Gasteiger partial charge in [0, 0.05) is 36.8 Å². The molecule has 2 amide bonds. The number of carbonyl (C=O) groups is 1. The molecule has 0 aliphatic carbocycles. The van der Waals surface area contributed by atoms with Crippen LogP contribution in [0.2, 0.25) is 0 Å². The molecule has 0 aromatic carbocycles. The first-order valence-electron chi connectivity index (χ1n) is 6.93. The summed E-state index contributed by atoms with van der Waals surface area (Å²) in [5.74, 6) is 0. The molecule has 118 valence electrons. The number of hydrogen-bond donors (Lipinski definition) is 1. The highest BCUT2D eigenvalue weighted by molar-refractivity contribution is 7.09. The molecule has 0 unspecified atom stereocenters. The smallest absolute Gasteiger partial charge is 0.317 e. The van der Waals surface area contributed by atoms with Crippen molar-refractivity contribution in [2.75, 3.05) is 7.05 Å². The number of rotatable bonds is 4. The van der Waals surface area contributed by atoms with E-state index in [1.807, 2.05) is 19.9 Å². The zero-order valence-electron chi connectivity index (χ0n) is 13.2. The second-order valence-electron chi connectivity index (χ2n) is 5.24. The highest BCUT2D eigenvalue weighted by Gasteiger charge is 2.12. The lowest BCUT2D eigenvalue weighted by molar-refractivity contribution is 0.206. The lowest BCUT2D eigenvalue weighted by Crippen LogP contribution is -2.38. The van der Waals surface area contributed by atoms with Crippen LogP contribution in [-0.2, 0) is 20.1 Å². The van der Waals surface area contributed by atoms with Gasteiger partial charge in [-0.25, -0.2) is 9.78 Å². The topological polar surface area (TPSA) is 67.2 Å². The van der Waals surface area contributed by atoms with Crippen molar-refractivity contribution in [1.82, 2.24) is 19.8 Å². The standard InChI is InChI=1S/C15H20N4O2S/c1-10-5-6-12(14(20)19(10)4)7-16-15(21)18(3)8-13-11(2)17-9-22-13/h5-6,9H,7-8H2,1-4H3,(H,16,21). The first-order valence-corrected chi connectivity index (χ1v) is 7.81.